The van der Waals surface area contributed by atoms with E-state index in [4.69, 9.17) is 23.1 Å². The zero-order valence-electron chi connectivity index (χ0n) is 11.4. The Balaban J connectivity index is 0. The zero-order chi connectivity index (χ0) is 14.4. The molecule has 0 bridgehead atoms. The second kappa shape index (κ2) is 10.2. The molecule has 0 aliphatic heterocycles. The Morgan fingerprint density at radius 3 is 2.05 bits per heavy atom. The van der Waals surface area contributed by atoms with Gasteiger partial charge in [0.15, 0.2) is 0 Å². The molecule has 0 saturated heterocycles. The van der Waals surface area contributed by atoms with Crippen LogP contribution in [0.5, 0.6) is 0 Å². The molecule has 0 heterocycles. The van der Waals surface area contributed by atoms with E-state index in [1.54, 1.807) is 12.1 Å². The first-order valence-corrected chi connectivity index (χ1v) is 5.95. The van der Waals surface area contributed by atoms with Gasteiger partial charge in [-0.25, -0.2) is 0 Å². The minimum Gasteiger partial charge on any atom is -0.399 e. The number of nitrogens with two attached hydrogens (primary N) is 3. The van der Waals surface area contributed by atoms with Crippen molar-refractivity contribution in [1.29, 1.82) is 0 Å². The molecule has 4 nitrogen and oxygen atoms in total. The standard InChI is InChI=1S/C12H11ClN2.C2H5NO.2ClH/c13-11-4-2-1-3-9(11)10-7-8(14)5-6-12(10)15;1-2(3)4;;/h1-7H,14-15H2;1H3,(H2,3,4);2*1H. The van der Waals surface area contributed by atoms with E-state index < -0.39 is 0 Å². The van der Waals surface area contributed by atoms with Crippen molar-refractivity contribution >= 4 is 53.7 Å². The number of halogens is 3. The number of hydrogen-bond acceptors (Lipinski definition) is 3. The summed E-state index contributed by atoms with van der Waals surface area (Å²) in [4.78, 5) is 9.22. The van der Waals surface area contributed by atoms with E-state index in [2.05, 4.69) is 5.73 Å². The monoisotopic (exact) mass is 349 g/mol. The summed E-state index contributed by atoms with van der Waals surface area (Å²) < 4.78 is 0. The maximum absolute atomic E-state index is 9.22. The molecule has 0 fully saturated rings. The van der Waals surface area contributed by atoms with Crippen LogP contribution >= 0.6 is 36.4 Å². The maximum atomic E-state index is 9.22. The molecule has 7 heteroatoms. The van der Waals surface area contributed by atoms with Gasteiger partial charge in [0.05, 0.1) is 0 Å². The van der Waals surface area contributed by atoms with E-state index in [0.717, 1.165) is 11.1 Å². The van der Waals surface area contributed by atoms with Crippen molar-refractivity contribution in [2.75, 3.05) is 11.5 Å². The van der Waals surface area contributed by atoms with E-state index >= 15 is 0 Å². The summed E-state index contributed by atoms with van der Waals surface area (Å²) in [5, 5.41) is 0.676. The number of benzene rings is 2. The zero-order valence-corrected chi connectivity index (χ0v) is 13.8. The first-order valence-electron chi connectivity index (χ1n) is 5.57. The van der Waals surface area contributed by atoms with Gasteiger partial charge in [-0.05, 0) is 24.3 Å². The van der Waals surface area contributed by atoms with Gasteiger partial charge in [0, 0.05) is 34.4 Å². The fourth-order valence-electron chi connectivity index (χ4n) is 1.49. The van der Waals surface area contributed by atoms with Gasteiger partial charge in [-0.1, -0.05) is 29.8 Å². The van der Waals surface area contributed by atoms with Gasteiger partial charge in [0.2, 0.25) is 5.91 Å². The molecule has 21 heavy (non-hydrogen) atoms. The van der Waals surface area contributed by atoms with Crippen molar-refractivity contribution in [3.05, 3.63) is 47.5 Å². The molecule has 0 radical (unpaired) electrons. The van der Waals surface area contributed by atoms with Crippen LogP contribution < -0.4 is 17.2 Å². The van der Waals surface area contributed by atoms with E-state index in [-0.39, 0.29) is 30.7 Å². The van der Waals surface area contributed by atoms with Crippen molar-refractivity contribution < 1.29 is 4.79 Å². The average Bonchev–Trinajstić information content (AvgIpc) is 2.32. The normalized spacial score (nSPS) is 8.48. The Hall–Kier alpha value is -1.62. The lowest BCUT2D eigenvalue weighted by molar-refractivity contribution is -0.115. The highest BCUT2D eigenvalue weighted by Gasteiger charge is 2.06. The van der Waals surface area contributed by atoms with E-state index in [1.807, 2.05) is 30.3 Å². The molecule has 0 aliphatic carbocycles. The lowest BCUT2D eigenvalue weighted by Crippen LogP contribution is -2.01. The molecule has 0 spiro atoms. The topological polar surface area (TPSA) is 95.1 Å². The molecule has 0 saturated carbocycles. The Morgan fingerprint density at radius 2 is 1.52 bits per heavy atom. The summed E-state index contributed by atoms with van der Waals surface area (Å²) in [7, 11) is 0. The Kier molecular flexibility index (Phi) is 10.5. The smallest absolute Gasteiger partial charge is 0.214 e. The maximum Gasteiger partial charge on any atom is 0.214 e. The number of carbonyl (C=O) groups excluding carboxylic acids is 1. The fourth-order valence-corrected chi connectivity index (χ4v) is 1.72. The molecule has 0 aromatic heterocycles. The number of nitrogen functional groups attached to an aromatic ring is 2. The Morgan fingerprint density at radius 1 is 1.00 bits per heavy atom. The first-order chi connectivity index (χ1) is 8.91. The van der Waals surface area contributed by atoms with Crippen LogP contribution in [0.3, 0.4) is 0 Å². The van der Waals surface area contributed by atoms with Crippen molar-refractivity contribution in [1.82, 2.24) is 0 Å². The number of anilines is 2. The summed E-state index contributed by atoms with van der Waals surface area (Å²) in [5.74, 6) is -0.333. The number of amides is 1. The van der Waals surface area contributed by atoms with E-state index in [0.29, 0.717) is 16.4 Å². The van der Waals surface area contributed by atoms with Crippen molar-refractivity contribution in [2.24, 2.45) is 5.73 Å². The van der Waals surface area contributed by atoms with E-state index in [1.165, 1.54) is 6.92 Å². The lowest BCUT2D eigenvalue weighted by atomic mass is 10.0. The van der Waals surface area contributed by atoms with Crippen molar-refractivity contribution in [3.8, 4) is 11.1 Å². The quantitative estimate of drug-likeness (QED) is 0.687. The molecule has 2 aromatic rings. The number of rotatable bonds is 1. The van der Waals surface area contributed by atoms with Crippen LogP contribution in [-0.2, 0) is 4.79 Å². The average molecular weight is 351 g/mol. The number of primary amides is 1. The summed E-state index contributed by atoms with van der Waals surface area (Å²) in [6.45, 7) is 1.31. The highest BCUT2D eigenvalue weighted by atomic mass is 35.5. The van der Waals surface area contributed by atoms with Crippen LogP contribution in [0.2, 0.25) is 5.02 Å². The minimum absolute atomic E-state index is 0. The highest BCUT2D eigenvalue weighted by molar-refractivity contribution is 6.33. The number of carbonyl (C=O) groups is 1. The van der Waals surface area contributed by atoms with Gasteiger partial charge in [-0.15, -0.1) is 24.8 Å². The summed E-state index contributed by atoms with van der Waals surface area (Å²) in [6.07, 6.45) is 0. The van der Waals surface area contributed by atoms with Gasteiger partial charge >= 0.3 is 0 Å². The summed E-state index contributed by atoms with van der Waals surface area (Å²) in [6, 6.07) is 12.9. The molecule has 0 aliphatic rings. The highest BCUT2D eigenvalue weighted by Crippen LogP contribution is 2.32. The molecule has 116 valence electrons. The largest absolute Gasteiger partial charge is 0.399 e. The van der Waals surface area contributed by atoms with Crippen molar-refractivity contribution in [2.45, 2.75) is 6.92 Å². The third-order valence-electron chi connectivity index (χ3n) is 2.24. The molecule has 2 rings (SSSR count). The second-order valence-corrected chi connectivity index (χ2v) is 4.34. The molecule has 2 aromatic carbocycles. The predicted molar refractivity (Wildman–Crippen MR) is 95.1 cm³/mol. The van der Waals surface area contributed by atoms with E-state index in [9.17, 15) is 4.79 Å². The van der Waals surface area contributed by atoms with Gasteiger partial charge in [0.1, 0.15) is 0 Å². The summed E-state index contributed by atoms with van der Waals surface area (Å²) >= 11 is 6.09. The van der Waals surface area contributed by atoms with Crippen LogP contribution in [0.4, 0.5) is 11.4 Å². The van der Waals surface area contributed by atoms with Crippen molar-refractivity contribution in [3.63, 3.8) is 0 Å². The van der Waals surface area contributed by atoms with Crippen LogP contribution in [0.1, 0.15) is 6.92 Å². The minimum atomic E-state index is -0.333. The molecular weight excluding hydrogens is 333 g/mol. The lowest BCUT2D eigenvalue weighted by Gasteiger charge is -2.08. The molecule has 0 atom stereocenters. The third-order valence-corrected chi connectivity index (χ3v) is 2.57. The fraction of sp³-hybridized carbons (Fsp3) is 0.0714. The second-order valence-electron chi connectivity index (χ2n) is 3.94. The summed E-state index contributed by atoms with van der Waals surface area (Å²) in [5.41, 5.74) is 19.2. The number of hydrogen-bond donors (Lipinski definition) is 3. The molecule has 6 N–H and O–H groups in total. The van der Waals surface area contributed by atoms with Gasteiger partial charge in [-0.2, -0.15) is 0 Å². The van der Waals surface area contributed by atoms with Crippen LogP contribution in [0, 0.1) is 0 Å². The van der Waals surface area contributed by atoms with Gasteiger partial charge in [0.25, 0.3) is 0 Å². The van der Waals surface area contributed by atoms with Gasteiger partial charge < -0.3 is 17.2 Å². The van der Waals surface area contributed by atoms with Crippen LogP contribution in [0.15, 0.2) is 42.5 Å². The molecule has 1 amide bonds. The Labute approximate surface area is 141 Å². The van der Waals surface area contributed by atoms with Crippen LogP contribution in [-0.4, -0.2) is 5.91 Å². The Bertz CT molecular complexity index is 587. The predicted octanol–water partition coefficient (Wildman–Crippen LogP) is 3.51. The van der Waals surface area contributed by atoms with Gasteiger partial charge in [-0.3, -0.25) is 4.79 Å². The molecular formula is C14H18Cl3N3O. The SMILES string of the molecule is CC(N)=O.Cl.Cl.Nc1ccc(N)c(-c2ccccc2Cl)c1. The van der Waals surface area contributed by atoms with Crippen LogP contribution in [0.25, 0.3) is 11.1 Å². The molecule has 0 unspecified atom stereocenters. The third kappa shape index (κ3) is 7.09. The first kappa shape index (κ1) is 21.7.